The van der Waals surface area contributed by atoms with Crippen molar-refractivity contribution in [2.75, 3.05) is 12.0 Å². The molecule has 6 atom stereocenters. The van der Waals surface area contributed by atoms with Gasteiger partial charge in [-0.25, -0.2) is 13.1 Å². The number of fused-ring (bicyclic) bond motifs is 1. The van der Waals surface area contributed by atoms with E-state index in [9.17, 15) is 18.3 Å². The largest absolute Gasteiger partial charge is 0.391 e. The molecule has 0 radical (unpaired) electrons. The molecule has 0 aromatic heterocycles. The minimum atomic E-state index is -3.59. The molecule has 0 bridgehead atoms. The second kappa shape index (κ2) is 12.6. The quantitative estimate of drug-likeness (QED) is 0.357. The zero-order chi connectivity index (χ0) is 25.6. The predicted molar refractivity (Wildman–Crippen MR) is 149 cm³/mol. The fourth-order valence-electron chi connectivity index (χ4n) is 5.16. The molecule has 3 unspecified atom stereocenters. The first-order valence-corrected chi connectivity index (χ1v) is 15.5. The van der Waals surface area contributed by atoms with Gasteiger partial charge in [-0.2, -0.15) is 0 Å². The van der Waals surface area contributed by atoms with Crippen molar-refractivity contribution in [3.8, 4) is 0 Å². The van der Waals surface area contributed by atoms with E-state index in [1.165, 1.54) is 24.6 Å². The van der Waals surface area contributed by atoms with Gasteiger partial charge in [0.15, 0.2) is 0 Å². The summed E-state index contributed by atoms with van der Waals surface area (Å²) >= 11 is 1.43. The summed E-state index contributed by atoms with van der Waals surface area (Å²) in [5.74, 6) is 1.57. The van der Waals surface area contributed by atoms with Crippen LogP contribution in [0, 0.1) is 17.8 Å². The van der Waals surface area contributed by atoms with Gasteiger partial charge < -0.3 is 10.4 Å². The van der Waals surface area contributed by atoms with Crippen LogP contribution in [0.25, 0.3) is 10.8 Å². The first-order valence-electron chi connectivity index (χ1n) is 12.6. The minimum Gasteiger partial charge on any atom is -0.391 e. The molecule has 1 aliphatic carbocycles. The van der Waals surface area contributed by atoms with E-state index in [0.29, 0.717) is 24.7 Å². The van der Waals surface area contributed by atoms with Gasteiger partial charge >= 0.3 is 0 Å². The zero-order valence-corrected chi connectivity index (χ0v) is 22.9. The molecule has 1 amide bonds. The van der Waals surface area contributed by atoms with Gasteiger partial charge in [-0.1, -0.05) is 57.5 Å². The van der Waals surface area contributed by atoms with Crippen molar-refractivity contribution in [2.24, 2.45) is 17.8 Å². The summed E-state index contributed by atoms with van der Waals surface area (Å²) in [6.45, 7) is 6.47. The molecule has 1 saturated carbocycles. The highest BCUT2D eigenvalue weighted by Gasteiger charge is 2.31. The van der Waals surface area contributed by atoms with Gasteiger partial charge in [0.2, 0.25) is 15.9 Å². The third-order valence-electron chi connectivity index (χ3n) is 7.20. The highest BCUT2D eigenvalue weighted by molar-refractivity contribution is 7.99. The molecule has 3 rings (SSSR count). The number of thioether (sulfide) groups is 1. The maximum atomic E-state index is 13.2. The van der Waals surface area contributed by atoms with Crippen LogP contribution >= 0.6 is 11.8 Å². The number of amides is 1. The number of hydrogen-bond donors (Lipinski definition) is 3. The Morgan fingerprint density at radius 1 is 1.17 bits per heavy atom. The molecule has 2 aromatic carbocycles. The maximum absolute atomic E-state index is 13.2. The monoisotopic (exact) mass is 524 g/mol. The fraction of sp³-hybridized carbons (Fsp3) is 0.593. The molecule has 35 heavy (non-hydrogen) atoms. The maximum Gasteiger partial charge on any atom is 0.239 e. The molecule has 3 N–H and O–H groups in total. The van der Waals surface area contributed by atoms with E-state index in [0.717, 1.165) is 34.3 Å². The van der Waals surface area contributed by atoms with E-state index in [1.807, 2.05) is 49.4 Å². The van der Waals surface area contributed by atoms with E-state index in [4.69, 9.17) is 0 Å². The second-order valence-corrected chi connectivity index (χ2v) is 13.1. The molecular formula is C27H44N2O4S2. The normalized spacial score (nSPS) is 23.5. The Morgan fingerprint density at radius 2 is 1.89 bits per heavy atom. The highest BCUT2D eigenvalue weighted by Crippen LogP contribution is 2.36. The predicted octanol–water partition coefficient (Wildman–Crippen LogP) is 5.06. The average Bonchev–Trinajstić information content (AvgIpc) is 2.80. The third kappa shape index (κ3) is 8.48. The van der Waals surface area contributed by atoms with E-state index in [1.54, 1.807) is 0 Å². The van der Waals surface area contributed by atoms with Gasteiger partial charge in [0.1, 0.15) is 6.04 Å². The Kier molecular flexibility index (Phi) is 10.0. The Bertz CT molecular complexity index is 1100. The summed E-state index contributed by atoms with van der Waals surface area (Å²) in [6.07, 6.45) is 5.09. The molecule has 8 heteroatoms. The van der Waals surface area contributed by atoms with Crippen LogP contribution in [0.3, 0.4) is 0 Å². The summed E-state index contributed by atoms with van der Waals surface area (Å²) in [7, 11) is -3.59. The van der Waals surface area contributed by atoms with Gasteiger partial charge in [-0.05, 0) is 66.3 Å². The number of nitrogens with one attached hydrogen (secondary N) is 2. The smallest absolute Gasteiger partial charge is 0.239 e. The number of aliphatic hydroxyl groups excluding tert-OH is 1. The number of aliphatic hydroxyl groups is 1. The van der Waals surface area contributed by atoms with Crippen molar-refractivity contribution < 1.29 is 21.2 Å². The Labute approximate surface area is 217 Å². The SMILES string of the molecule is CC[C@H](NC(=O)[C@@H](CSc1ccc2ccccc2c1)NS(C)(=O)=O)[C@H](O)CC1CCC(C)CC1C.[HH].[HH]. The molecule has 2 aromatic rings. The average molecular weight is 525 g/mol. The van der Waals surface area contributed by atoms with Crippen LogP contribution in [0.15, 0.2) is 47.4 Å². The lowest BCUT2D eigenvalue weighted by atomic mass is 9.73. The van der Waals surface area contributed by atoms with Crippen molar-refractivity contribution in [3.05, 3.63) is 42.5 Å². The van der Waals surface area contributed by atoms with Crippen molar-refractivity contribution in [3.63, 3.8) is 0 Å². The minimum absolute atomic E-state index is 0. The number of rotatable bonds is 11. The van der Waals surface area contributed by atoms with E-state index in [-0.39, 0.29) is 8.61 Å². The number of hydrogen-bond acceptors (Lipinski definition) is 5. The van der Waals surface area contributed by atoms with E-state index < -0.39 is 34.1 Å². The van der Waals surface area contributed by atoms with Crippen LogP contribution in [0.4, 0.5) is 0 Å². The lowest BCUT2D eigenvalue weighted by Gasteiger charge is -2.35. The summed E-state index contributed by atoms with van der Waals surface area (Å²) in [6, 6.07) is 12.7. The van der Waals surface area contributed by atoms with Crippen LogP contribution in [0.1, 0.15) is 55.7 Å². The molecular weight excluding hydrogens is 480 g/mol. The Morgan fingerprint density at radius 3 is 2.54 bits per heavy atom. The van der Waals surface area contributed by atoms with Crippen LogP contribution in [0.2, 0.25) is 0 Å². The number of carbonyl (C=O) groups is 1. The standard InChI is InChI=1S/C27H40N2O4S2.2H2/c1-5-24(26(30)16-21-11-10-18(2)14-19(21)3)28-27(31)25(29-35(4,32)33)17-34-23-13-12-20-8-6-7-9-22(20)15-23;;/h6-9,12-13,15,18-19,21,24-26,29-30H,5,10-11,14,16-17H2,1-4H3,(H,28,31);2*1H/t18?,19?,21?,24-,25+,26+;;/m0../s1. The van der Waals surface area contributed by atoms with Gasteiger partial charge in [0.25, 0.3) is 0 Å². The van der Waals surface area contributed by atoms with Crippen LogP contribution in [-0.4, -0.2) is 49.6 Å². The van der Waals surface area contributed by atoms with Crippen LogP contribution in [-0.2, 0) is 14.8 Å². The topological polar surface area (TPSA) is 95.5 Å². The lowest BCUT2D eigenvalue weighted by molar-refractivity contribution is -0.124. The first kappa shape index (κ1) is 28.0. The summed E-state index contributed by atoms with van der Waals surface area (Å²) in [5, 5.41) is 16.1. The van der Waals surface area contributed by atoms with E-state index in [2.05, 4.69) is 23.9 Å². The third-order valence-corrected chi connectivity index (χ3v) is 9.00. The van der Waals surface area contributed by atoms with Crippen molar-refractivity contribution in [2.45, 2.75) is 76.0 Å². The highest BCUT2D eigenvalue weighted by atomic mass is 32.2. The molecule has 0 spiro atoms. The Hall–Kier alpha value is -1.61. The number of carbonyl (C=O) groups excluding carboxylic acids is 1. The molecule has 1 aliphatic rings. The van der Waals surface area contributed by atoms with Crippen molar-refractivity contribution >= 4 is 38.5 Å². The molecule has 198 valence electrons. The number of benzene rings is 2. The van der Waals surface area contributed by atoms with Crippen molar-refractivity contribution in [1.82, 2.24) is 10.0 Å². The molecule has 1 fully saturated rings. The summed E-state index contributed by atoms with van der Waals surface area (Å²) < 4.78 is 26.5. The second-order valence-electron chi connectivity index (χ2n) is 10.2. The molecule has 6 nitrogen and oxygen atoms in total. The van der Waals surface area contributed by atoms with Crippen molar-refractivity contribution in [1.29, 1.82) is 0 Å². The molecule has 0 aliphatic heterocycles. The molecule has 0 heterocycles. The van der Waals surface area contributed by atoms with Gasteiger partial charge in [0.05, 0.1) is 18.4 Å². The Balaban J connectivity index is 0.00000342. The van der Waals surface area contributed by atoms with Gasteiger partial charge in [0, 0.05) is 13.5 Å². The zero-order valence-electron chi connectivity index (χ0n) is 21.2. The summed E-state index contributed by atoms with van der Waals surface area (Å²) in [5.41, 5.74) is 0. The lowest BCUT2D eigenvalue weighted by Crippen LogP contribution is -2.53. The fourth-order valence-corrected chi connectivity index (χ4v) is 6.95. The summed E-state index contributed by atoms with van der Waals surface area (Å²) in [4.78, 5) is 14.1. The van der Waals surface area contributed by atoms with E-state index >= 15 is 0 Å². The number of sulfonamides is 1. The van der Waals surface area contributed by atoms with Crippen LogP contribution < -0.4 is 10.0 Å². The molecule has 0 saturated heterocycles. The first-order chi connectivity index (χ1) is 16.6. The van der Waals surface area contributed by atoms with Gasteiger partial charge in [-0.15, -0.1) is 11.8 Å². The van der Waals surface area contributed by atoms with Gasteiger partial charge in [-0.3, -0.25) is 4.79 Å². The van der Waals surface area contributed by atoms with Crippen LogP contribution in [0.5, 0.6) is 0 Å².